The third-order valence-corrected chi connectivity index (χ3v) is 2.37. The van der Waals surface area contributed by atoms with Crippen LogP contribution in [0.4, 0.5) is 0 Å². The molecule has 0 aliphatic heterocycles. The molecule has 0 aromatic rings. The zero-order valence-electron chi connectivity index (χ0n) is 7.67. The SMILES string of the molecule is BC1CC(OC)C(OCC)C1. The van der Waals surface area contributed by atoms with E-state index in [1.54, 1.807) is 7.11 Å². The summed E-state index contributed by atoms with van der Waals surface area (Å²) in [5, 5.41) is 0. The zero-order chi connectivity index (χ0) is 8.27. The molecule has 0 amide bonds. The number of rotatable bonds is 3. The van der Waals surface area contributed by atoms with Crippen LogP contribution in [0, 0.1) is 0 Å². The molecule has 0 heterocycles. The third-order valence-electron chi connectivity index (χ3n) is 2.37. The molecule has 2 nitrogen and oxygen atoms in total. The molecule has 1 fully saturated rings. The van der Waals surface area contributed by atoms with E-state index in [1.165, 1.54) is 0 Å². The number of hydrogen-bond donors (Lipinski definition) is 0. The van der Waals surface area contributed by atoms with Crippen molar-refractivity contribution >= 4 is 7.85 Å². The second kappa shape index (κ2) is 4.12. The predicted octanol–water partition coefficient (Wildman–Crippen LogP) is 0.622. The summed E-state index contributed by atoms with van der Waals surface area (Å²) in [5.74, 6) is 0.761. The Bertz CT molecular complexity index is 119. The Morgan fingerprint density at radius 1 is 1.36 bits per heavy atom. The van der Waals surface area contributed by atoms with Gasteiger partial charge in [-0.1, -0.05) is 5.82 Å². The predicted molar refractivity (Wildman–Crippen MR) is 47.7 cm³/mol. The molecule has 0 N–H and O–H groups in total. The van der Waals surface area contributed by atoms with E-state index in [0.717, 1.165) is 25.3 Å². The van der Waals surface area contributed by atoms with Gasteiger partial charge in [0.2, 0.25) is 0 Å². The summed E-state index contributed by atoms with van der Waals surface area (Å²) in [5.41, 5.74) is 0. The van der Waals surface area contributed by atoms with Crippen LogP contribution in [-0.2, 0) is 9.47 Å². The Morgan fingerprint density at radius 3 is 2.55 bits per heavy atom. The Morgan fingerprint density at radius 2 is 2.00 bits per heavy atom. The molecule has 64 valence electrons. The van der Waals surface area contributed by atoms with Crippen molar-refractivity contribution in [3.05, 3.63) is 0 Å². The Kier molecular flexibility index (Phi) is 3.40. The highest BCUT2D eigenvalue weighted by atomic mass is 16.5. The van der Waals surface area contributed by atoms with E-state index in [4.69, 9.17) is 9.47 Å². The lowest BCUT2D eigenvalue weighted by atomic mass is 9.86. The summed E-state index contributed by atoms with van der Waals surface area (Å²) >= 11 is 0. The molecular formula is C8H17BO2. The largest absolute Gasteiger partial charge is 0.379 e. The van der Waals surface area contributed by atoms with Crippen molar-refractivity contribution < 1.29 is 9.47 Å². The van der Waals surface area contributed by atoms with E-state index >= 15 is 0 Å². The average molecular weight is 156 g/mol. The molecule has 0 bridgehead atoms. The molecule has 0 aromatic heterocycles. The standard InChI is InChI=1S/C8H17BO2/c1-3-11-8-5-6(9)4-7(8)10-2/h6-8H,3-5,9H2,1-2H3. The summed E-state index contributed by atoms with van der Waals surface area (Å²) in [7, 11) is 4.03. The molecule has 0 saturated heterocycles. The van der Waals surface area contributed by atoms with Crippen LogP contribution in [0.3, 0.4) is 0 Å². The van der Waals surface area contributed by atoms with Crippen LogP contribution in [0.15, 0.2) is 0 Å². The fourth-order valence-electron chi connectivity index (χ4n) is 1.83. The van der Waals surface area contributed by atoms with E-state index in [9.17, 15) is 0 Å². The first-order chi connectivity index (χ1) is 5.27. The highest BCUT2D eigenvalue weighted by Crippen LogP contribution is 2.31. The lowest BCUT2D eigenvalue weighted by Crippen LogP contribution is -2.24. The van der Waals surface area contributed by atoms with Crippen LogP contribution in [0.25, 0.3) is 0 Å². The van der Waals surface area contributed by atoms with Crippen LogP contribution in [0.1, 0.15) is 19.8 Å². The minimum absolute atomic E-state index is 0.338. The summed E-state index contributed by atoms with van der Waals surface area (Å²) in [6, 6.07) is 0. The van der Waals surface area contributed by atoms with Gasteiger partial charge in [0.1, 0.15) is 7.85 Å². The first kappa shape index (κ1) is 9.08. The smallest absolute Gasteiger partial charge is 0.105 e. The van der Waals surface area contributed by atoms with Crippen LogP contribution in [0.2, 0.25) is 5.82 Å². The van der Waals surface area contributed by atoms with Crippen molar-refractivity contribution in [1.29, 1.82) is 0 Å². The van der Waals surface area contributed by atoms with Gasteiger partial charge in [0.15, 0.2) is 0 Å². The normalized spacial score (nSPS) is 37.8. The number of hydrogen-bond acceptors (Lipinski definition) is 2. The van der Waals surface area contributed by atoms with Gasteiger partial charge in [-0.15, -0.1) is 0 Å². The Labute approximate surface area is 69.7 Å². The molecule has 0 spiro atoms. The fraction of sp³-hybridized carbons (Fsp3) is 1.00. The highest BCUT2D eigenvalue weighted by molar-refractivity contribution is 6.11. The average Bonchev–Trinajstić information content (AvgIpc) is 2.32. The fourth-order valence-corrected chi connectivity index (χ4v) is 1.83. The van der Waals surface area contributed by atoms with Crippen molar-refractivity contribution in [3.8, 4) is 0 Å². The summed E-state index contributed by atoms with van der Waals surface area (Å²) in [4.78, 5) is 0. The van der Waals surface area contributed by atoms with E-state index < -0.39 is 0 Å². The lowest BCUT2D eigenvalue weighted by molar-refractivity contribution is -0.0337. The van der Waals surface area contributed by atoms with Crippen molar-refractivity contribution in [2.75, 3.05) is 13.7 Å². The van der Waals surface area contributed by atoms with Crippen molar-refractivity contribution in [3.63, 3.8) is 0 Å². The van der Waals surface area contributed by atoms with Crippen molar-refractivity contribution in [1.82, 2.24) is 0 Å². The van der Waals surface area contributed by atoms with Gasteiger partial charge in [0.05, 0.1) is 12.2 Å². The van der Waals surface area contributed by atoms with E-state index in [2.05, 4.69) is 7.85 Å². The molecule has 1 aliphatic rings. The van der Waals surface area contributed by atoms with E-state index in [1.807, 2.05) is 6.92 Å². The van der Waals surface area contributed by atoms with Gasteiger partial charge in [-0.25, -0.2) is 0 Å². The van der Waals surface area contributed by atoms with Crippen LogP contribution in [-0.4, -0.2) is 33.8 Å². The van der Waals surface area contributed by atoms with E-state index in [-0.39, 0.29) is 0 Å². The number of ether oxygens (including phenoxy) is 2. The quantitative estimate of drug-likeness (QED) is 0.557. The molecular weight excluding hydrogens is 139 g/mol. The zero-order valence-corrected chi connectivity index (χ0v) is 7.67. The second-order valence-corrected chi connectivity index (χ2v) is 3.34. The minimum Gasteiger partial charge on any atom is -0.379 e. The molecule has 3 unspecified atom stereocenters. The second-order valence-electron chi connectivity index (χ2n) is 3.34. The highest BCUT2D eigenvalue weighted by Gasteiger charge is 2.31. The van der Waals surface area contributed by atoms with Gasteiger partial charge < -0.3 is 9.47 Å². The van der Waals surface area contributed by atoms with Crippen LogP contribution in [0.5, 0.6) is 0 Å². The summed E-state index contributed by atoms with van der Waals surface area (Å²) in [6.45, 7) is 2.84. The van der Waals surface area contributed by atoms with Gasteiger partial charge in [-0.3, -0.25) is 0 Å². The molecule has 11 heavy (non-hydrogen) atoms. The third kappa shape index (κ3) is 2.21. The molecule has 1 rings (SSSR count). The van der Waals surface area contributed by atoms with E-state index in [0.29, 0.717) is 12.2 Å². The van der Waals surface area contributed by atoms with Crippen molar-refractivity contribution in [2.45, 2.75) is 37.8 Å². The summed E-state index contributed by atoms with van der Waals surface area (Å²) in [6.07, 6.45) is 3.00. The monoisotopic (exact) mass is 156 g/mol. The minimum atomic E-state index is 0.338. The van der Waals surface area contributed by atoms with Crippen molar-refractivity contribution in [2.24, 2.45) is 0 Å². The Balaban J connectivity index is 2.37. The molecule has 1 saturated carbocycles. The lowest BCUT2D eigenvalue weighted by Gasteiger charge is -2.17. The first-order valence-electron chi connectivity index (χ1n) is 4.42. The molecule has 1 aliphatic carbocycles. The molecule has 0 radical (unpaired) electrons. The maximum atomic E-state index is 5.55. The first-order valence-corrected chi connectivity index (χ1v) is 4.42. The molecule has 0 aromatic carbocycles. The maximum absolute atomic E-state index is 5.55. The van der Waals surface area contributed by atoms with Gasteiger partial charge in [-0.2, -0.15) is 0 Å². The van der Waals surface area contributed by atoms with Gasteiger partial charge in [0.25, 0.3) is 0 Å². The van der Waals surface area contributed by atoms with Crippen LogP contribution < -0.4 is 0 Å². The van der Waals surface area contributed by atoms with Gasteiger partial charge in [0, 0.05) is 13.7 Å². The maximum Gasteiger partial charge on any atom is 0.105 e. The number of methoxy groups -OCH3 is 1. The molecule has 3 atom stereocenters. The topological polar surface area (TPSA) is 18.5 Å². The summed E-state index contributed by atoms with van der Waals surface area (Å²) < 4.78 is 10.9. The Hall–Kier alpha value is -0.0151. The molecule has 3 heteroatoms. The van der Waals surface area contributed by atoms with Gasteiger partial charge >= 0.3 is 0 Å². The van der Waals surface area contributed by atoms with Crippen LogP contribution >= 0.6 is 0 Å². The van der Waals surface area contributed by atoms with Gasteiger partial charge in [-0.05, 0) is 19.8 Å².